The summed E-state index contributed by atoms with van der Waals surface area (Å²) in [6.45, 7) is 2.13. The SMILES string of the molecule is Cc1c(Cl)cccc1N1CC(C(=O)Nc2c(Cl)cccc2Cl)CC1=O. The van der Waals surface area contributed by atoms with E-state index in [0.29, 0.717) is 20.8 Å². The van der Waals surface area contributed by atoms with Gasteiger partial charge in [0.15, 0.2) is 0 Å². The predicted octanol–water partition coefficient (Wildman–Crippen LogP) is 4.95. The molecule has 2 aromatic carbocycles. The Bertz CT molecular complexity index is 834. The van der Waals surface area contributed by atoms with Gasteiger partial charge >= 0.3 is 0 Å². The summed E-state index contributed by atoms with van der Waals surface area (Å²) in [6.07, 6.45) is 0.125. The Hall–Kier alpha value is -1.75. The molecule has 1 N–H and O–H groups in total. The number of nitrogens with one attached hydrogen (secondary N) is 1. The number of benzene rings is 2. The highest BCUT2D eigenvalue weighted by atomic mass is 35.5. The maximum absolute atomic E-state index is 12.6. The minimum absolute atomic E-state index is 0.115. The molecule has 2 aromatic rings. The molecule has 0 spiro atoms. The molecule has 1 heterocycles. The second kappa shape index (κ2) is 7.24. The van der Waals surface area contributed by atoms with Gasteiger partial charge in [0.25, 0.3) is 0 Å². The van der Waals surface area contributed by atoms with Crippen molar-refractivity contribution in [1.82, 2.24) is 0 Å². The quantitative estimate of drug-likeness (QED) is 0.797. The number of hydrogen-bond donors (Lipinski definition) is 1. The van der Waals surface area contributed by atoms with Crippen molar-refractivity contribution in [2.75, 3.05) is 16.8 Å². The number of hydrogen-bond acceptors (Lipinski definition) is 2. The van der Waals surface area contributed by atoms with Crippen molar-refractivity contribution in [2.45, 2.75) is 13.3 Å². The third-order valence-electron chi connectivity index (χ3n) is 4.24. The largest absolute Gasteiger partial charge is 0.323 e. The molecule has 7 heteroatoms. The van der Waals surface area contributed by atoms with E-state index in [4.69, 9.17) is 34.8 Å². The number of halogens is 3. The molecule has 0 aromatic heterocycles. The Balaban J connectivity index is 1.78. The second-order valence-corrected chi connectivity index (χ2v) is 7.10. The Morgan fingerprint density at radius 2 is 1.68 bits per heavy atom. The standard InChI is InChI=1S/C18H15Cl3N2O2/c1-10-12(19)4-3-7-15(10)23-9-11(8-16(23)24)18(25)22-17-13(20)5-2-6-14(17)21/h2-7,11H,8-9H2,1H3,(H,22,25). The van der Waals surface area contributed by atoms with Gasteiger partial charge in [0, 0.05) is 23.7 Å². The third-order valence-corrected chi connectivity index (χ3v) is 5.28. The first-order valence-electron chi connectivity index (χ1n) is 7.69. The zero-order valence-electron chi connectivity index (χ0n) is 13.4. The molecule has 0 saturated carbocycles. The van der Waals surface area contributed by atoms with E-state index in [9.17, 15) is 9.59 Å². The summed E-state index contributed by atoms with van der Waals surface area (Å²) in [5.74, 6) is -0.889. The minimum Gasteiger partial charge on any atom is -0.323 e. The van der Waals surface area contributed by atoms with Gasteiger partial charge in [-0.3, -0.25) is 9.59 Å². The van der Waals surface area contributed by atoms with Gasteiger partial charge in [0.1, 0.15) is 0 Å². The van der Waals surface area contributed by atoms with Crippen LogP contribution in [0, 0.1) is 12.8 Å². The Morgan fingerprint density at radius 1 is 1.08 bits per heavy atom. The van der Waals surface area contributed by atoms with Gasteiger partial charge in [-0.2, -0.15) is 0 Å². The van der Waals surface area contributed by atoms with E-state index in [1.807, 2.05) is 13.0 Å². The van der Waals surface area contributed by atoms with Crippen LogP contribution in [0.1, 0.15) is 12.0 Å². The Labute approximate surface area is 160 Å². The molecule has 0 bridgehead atoms. The number of amides is 2. The van der Waals surface area contributed by atoms with Crippen LogP contribution in [0.25, 0.3) is 0 Å². The average Bonchev–Trinajstić information content (AvgIpc) is 2.95. The highest BCUT2D eigenvalue weighted by molar-refractivity contribution is 6.39. The van der Waals surface area contributed by atoms with E-state index in [-0.39, 0.29) is 24.8 Å². The summed E-state index contributed by atoms with van der Waals surface area (Å²) >= 11 is 18.3. The fourth-order valence-electron chi connectivity index (χ4n) is 2.85. The lowest BCUT2D eigenvalue weighted by Crippen LogP contribution is -2.28. The van der Waals surface area contributed by atoms with Crippen LogP contribution in [-0.2, 0) is 9.59 Å². The van der Waals surface area contributed by atoms with Crippen molar-refractivity contribution in [3.63, 3.8) is 0 Å². The summed E-state index contributed by atoms with van der Waals surface area (Å²) < 4.78 is 0. The van der Waals surface area contributed by atoms with E-state index in [1.54, 1.807) is 35.2 Å². The number of rotatable bonds is 3. The molecule has 0 aliphatic carbocycles. The van der Waals surface area contributed by atoms with Crippen LogP contribution < -0.4 is 10.2 Å². The molecule has 1 fully saturated rings. The summed E-state index contributed by atoms with van der Waals surface area (Å²) in [4.78, 5) is 26.5. The van der Waals surface area contributed by atoms with Gasteiger partial charge in [-0.05, 0) is 36.8 Å². The van der Waals surface area contributed by atoms with Crippen LogP contribution in [0.2, 0.25) is 15.1 Å². The number of carbonyl (C=O) groups is 2. The summed E-state index contributed by atoms with van der Waals surface area (Å²) in [5, 5.41) is 4.02. The molecular weight excluding hydrogens is 383 g/mol. The number of anilines is 2. The monoisotopic (exact) mass is 396 g/mol. The Morgan fingerprint density at radius 3 is 2.36 bits per heavy atom. The number of para-hydroxylation sites is 1. The first kappa shape index (κ1) is 18.1. The van der Waals surface area contributed by atoms with Crippen LogP contribution in [0.4, 0.5) is 11.4 Å². The van der Waals surface area contributed by atoms with Crippen molar-refractivity contribution >= 4 is 58.0 Å². The molecule has 1 saturated heterocycles. The molecule has 0 radical (unpaired) electrons. The fraction of sp³-hybridized carbons (Fsp3) is 0.222. The van der Waals surface area contributed by atoms with E-state index >= 15 is 0 Å². The lowest BCUT2D eigenvalue weighted by Gasteiger charge is -2.20. The zero-order valence-corrected chi connectivity index (χ0v) is 15.6. The van der Waals surface area contributed by atoms with Crippen molar-refractivity contribution in [3.05, 3.63) is 57.0 Å². The minimum atomic E-state index is -0.488. The van der Waals surface area contributed by atoms with Crippen LogP contribution in [0.5, 0.6) is 0 Å². The summed E-state index contributed by atoms with van der Waals surface area (Å²) in [5.41, 5.74) is 1.90. The van der Waals surface area contributed by atoms with Gasteiger partial charge in [0.2, 0.25) is 11.8 Å². The topological polar surface area (TPSA) is 49.4 Å². The van der Waals surface area contributed by atoms with Crippen molar-refractivity contribution in [2.24, 2.45) is 5.92 Å². The van der Waals surface area contributed by atoms with Crippen LogP contribution in [0.3, 0.4) is 0 Å². The molecule has 130 valence electrons. The first-order valence-corrected chi connectivity index (χ1v) is 8.82. The molecule has 1 atom stereocenters. The summed E-state index contributed by atoms with van der Waals surface area (Å²) in [7, 11) is 0. The molecule has 1 unspecified atom stereocenters. The fourth-order valence-corrected chi connectivity index (χ4v) is 3.51. The van der Waals surface area contributed by atoms with Crippen molar-refractivity contribution in [1.29, 1.82) is 0 Å². The zero-order chi connectivity index (χ0) is 18.1. The van der Waals surface area contributed by atoms with E-state index in [0.717, 1.165) is 11.3 Å². The number of nitrogens with zero attached hydrogens (tertiary/aromatic N) is 1. The molecule has 2 amide bonds. The normalized spacial score (nSPS) is 17.0. The van der Waals surface area contributed by atoms with Gasteiger partial charge in [-0.25, -0.2) is 0 Å². The maximum atomic E-state index is 12.6. The van der Waals surface area contributed by atoms with Gasteiger partial charge in [0.05, 0.1) is 21.7 Å². The van der Waals surface area contributed by atoms with Crippen LogP contribution >= 0.6 is 34.8 Å². The van der Waals surface area contributed by atoms with E-state index in [1.165, 1.54) is 0 Å². The molecule has 3 rings (SSSR count). The average molecular weight is 398 g/mol. The molecule has 1 aliphatic rings. The summed E-state index contributed by atoms with van der Waals surface area (Å²) in [6, 6.07) is 10.4. The molecule has 1 aliphatic heterocycles. The van der Waals surface area contributed by atoms with Gasteiger partial charge < -0.3 is 10.2 Å². The number of carbonyl (C=O) groups excluding carboxylic acids is 2. The van der Waals surface area contributed by atoms with Crippen molar-refractivity contribution < 1.29 is 9.59 Å². The molecular formula is C18H15Cl3N2O2. The van der Waals surface area contributed by atoms with Crippen molar-refractivity contribution in [3.8, 4) is 0 Å². The molecule has 25 heavy (non-hydrogen) atoms. The second-order valence-electron chi connectivity index (χ2n) is 5.88. The maximum Gasteiger partial charge on any atom is 0.229 e. The van der Waals surface area contributed by atoms with E-state index < -0.39 is 5.92 Å². The highest BCUT2D eigenvalue weighted by Crippen LogP contribution is 2.34. The lowest BCUT2D eigenvalue weighted by molar-refractivity contribution is -0.122. The smallest absolute Gasteiger partial charge is 0.229 e. The van der Waals surface area contributed by atoms with Crippen LogP contribution in [-0.4, -0.2) is 18.4 Å². The lowest BCUT2D eigenvalue weighted by atomic mass is 10.1. The Kier molecular flexibility index (Phi) is 5.23. The van der Waals surface area contributed by atoms with Gasteiger partial charge in [-0.15, -0.1) is 0 Å². The van der Waals surface area contributed by atoms with Gasteiger partial charge in [-0.1, -0.05) is 46.9 Å². The highest BCUT2D eigenvalue weighted by Gasteiger charge is 2.36. The first-order chi connectivity index (χ1) is 11.9. The van der Waals surface area contributed by atoms with E-state index in [2.05, 4.69) is 5.32 Å². The molecule has 4 nitrogen and oxygen atoms in total. The third kappa shape index (κ3) is 3.61. The van der Waals surface area contributed by atoms with Crippen LogP contribution in [0.15, 0.2) is 36.4 Å². The predicted molar refractivity (Wildman–Crippen MR) is 102 cm³/mol.